The lowest BCUT2D eigenvalue weighted by atomic mass is 10.1. The summed E-state index contributed by atoms with van der Waals surface area (Å²) in [7, 11) is 2.79. The molecule has 0 aromatic heterocycles. The third-order valence-corrected chi connectivity index (χ3v) is 3.65. The second-order valence-electron chi connectivity index (χ2n) is 5.70. The molecule has 30 heavy (non-hydrogen) atoms. The van der Waals surface area contributed by atoms with Crippen LogP contribution in [0.1, 0.15) is 16.7 Å². The van der Waals surface area contributed by atoms with Crippen LogP contribution in [0.25, 0.3) is 0 Å². The fraction of sp³-hybridized carbons (Fsp3) is 0.222. The zero-order chi connectivity index (χ0) is 22.5. The summed E-state index contributed by atoms with van der Waals surface area (Å²) in [5.74, 6) is 0.688. The first-order valence-electron chi connectivity index (χ1n) is 8.06. The molecule has 2 amide bonds. The lowest BCUT2D eigenvalue weighted by Gasteiger charge is -2.14. The van der Waals surface area contributed by atoms with Gasteiger partial charge in [-0.15, -0.1) is 0 Å². The highest BCUT2D eigenvalue weighted by molar-refractivity contribution is 5.91. The summed E-state index contributed by atoms with van der Waals surface area (Å²) in [6.07, 6.45) is -8.90. The van der Waals surface area contributed by atoms with E-state index in [9.17, 15) is 31.1 Å². The fourth-order valence-corrected chi connectivity index (χ4v) is 2.36. The topological polar surface area (TPSA) is 72.0 Å². The van der Waals surface area contributed by atoms with E-state index in [-0.39, 0.29) is 6.07 Å². The van der Waals surface area contributed by atoms with Crippen LogP contribution in [0.4, 0.5) is 36.8 Å². The van der Waals surface area contributed by atoms with Gasteiger partial charge in [0.15, 0.2) is 11.5 Å². The van der Waals surface area contributed by atoms with Gasteiger partial charge in [0.05, 0.1) is 31.6 Å². The number of halogens is 6. The van der Waals surface area contributed by atoms with Crippen molar-refractivity contribution in [2.45, 2.75) is 12.4 Å². The van der Waals surface area contributed by atoms with Crippen molar-refractivity contribution in [1.29, 1.82) is 0 Å². The third kappa shape index (κ3) is 5.78. The number of rotatable bonds is 5. The average Bonchev–Trinajstić information content (AvgIpc) is 2.66. The molecule has 6 nitrogen and oxygen atoms in total. The Morgan fingerprint density at radius 1 is 0.967 bits per heavy atom. The molecule has 0 aliphatic rings. The number of methoxy groups -OCH3 is 2. The highest BCUT2D eigenvalue weighted by atomic mass is 19.4. The Hall–Kier alpha value is -3.44. The zero-order valence-corrected chi connectivity index (χ0v) is 15.5. The first kappa shape index (κ1) is 22.8. The molecule has 0 unspecified atom stereocenters. The number of para-hydroxylation sites is 1. The normalized spacial score (nSPS) is 12.0. The fourth-order valence-electron chi connectivity index (χ4n) is 2.36. The van der Waals surface area contributed by atoms with E-state index in [0.717, 1.165) is 6.21 Å². The van der Waals surface area contributed by atoms with Crippen LogP contribution in [0.3, 0.4) is 0 Å². The molecule has 0 saturated heterocycles. The number of nitrogens with zero attached hydrogens (tertiary/aromatic N) is 1. The minimum absolute atomic E-state index is 0.0453. The summed E-state index contributed by atoms with van der Waals surface area (Å²) in [6, 6.07) is 4.36. The second kappa shape index (κ2) is 8.93. The maximum Gasteiger partial charge on any atom is 0.416 e. The van der Waals surface area contributed by atoms with Gasteiger partial charge in [0.25, 0.3) is 0 Å². The number of hydrogen-bond donors (Lipinski definition) is 2. The second-order valence-corrected chi connectivity index (χ2v) is 5.70. The molecular weight excluding hydrogens is 420 g/mol. The summed E-state index contributed by atoms with van der Waals surface area (Å²) in [6.45, 7) is 0. The summed E-state index contributed by atoms with van der Waals surface area (Å²) in [5.41, 5.74) is -1.48. The number of ether oxygens (including phenoxy) is 2. The first-order valence-corrected chi connectivity index (χ1v) is 8.06. The Balaban J connectivity index is 2.18. The number of hydrazone groups is 1. The maximum absolute atomic E-state index is 12.9. The molecule has 0 aliphatic heterocycles. The molecule has 2 aromatic rings. The lowest BCUT2D eigenvalue weighted by molar-refractivity contribution is -0.143. The molecule has 12 heteroatoms. The van der Waals surface area contributed by atoms with Crippen LogP contribution in [0, 0.1) is 0 Å². The quantitative estimate of drug-likeness (QED) is 0.399. The van der Waals surface area contributed by atoms with Crippen molar-refractivity contribution in [3.05, 3.63) is 53.1 Å². The van der Waals surface area contributed by atoms with Gasteiger partial charge in [-0.1, -0.05) is 6.07 Å². The Morgan fingerprint density at radius 2 is 1.57 bits per heavy atom. The van der Waals surface area contributed by atoms with E-state index >= 15 is 0 Å². The predicted molar refractivity (Wildman–Crippen MR) is 95.7 cm³/mol. The van der Waals surface area contributed by atoms with Gasteiger partial charge in [0.1, 0.15) is 0 Å². The molecule has 0 heterocycles. The number of urea groups is 1. The summed E-state index contributed by atoms with van der Waals surface area (Å²) in [4.78, 5) is 11.8. The van der Waals surface area contributed by atoms with E-state index in [4.69, 9.17) is 9.47 Å². The molecule has 2 N–H and O–H groups in total. The number of hydrogen-bond acceptors (Lipinski definition) is 4. The smallest absolute Gasteiger partial charge is 0.416 e. The van der Waals surface area contributed by atoms with Crippen LogP contribution in [-0.2, 0) is 12.4 Å². The average molecular weight is 435 g/mol. The van der Waals surface area contributed by atoms with E-state index < -0.39 is 35.2 Å². The van der Waals surface area contributed by atoms with Gasteiger partial charge in [-0.25, -0.2) is 10.2 Å². The van der Waals surface area contributed by atoms with Gasteiger partial charge in [-0.3, -0.25) is 0 Å². The van der Waals surface area contributed by atoms with Crippen LogP contribution in [0.2, 0.25) is 0 Å². The first-order chi connectivity index (χ1) is 14.0. The maximum atomic E-state index is 12.9. The van der Waals surface area contributed by atoms with E-state index in [2.05, 4.69) is 5.10 Å². The van der Waals surface area contributed by atoms with Gasteiger partial charge < -0.3 is 14.8 Å². The van der Waals surface area contributed by atoms with Gasteiger partial charge in [0.2, 0.25) is 0 Å². The Bertz CT molecular complexity index is 909. The predicted octanol–water partition coefficient (Wildman–Crippen LogP) is 4.90. The van der Waals surface area contributed by atoms with Gasteiger partial charge in [-0.05, 0) is 30.3 Å². The van der Waals surface area contributed by atoms with E-state index in [1.165, 1.54) is 14.2 Å². The molecule has 0 saturated carbocycles. The Kier molecular flexibility index (Phi) is 6.80. The van der Waals surface area contributed by atoms with Gasteiger partial charge in [0, 0.05) is 11.3 Å². The van der Waals surface area contributed by atoms with Crippen molar-refractivity contribution in [2.75, 3.05) is 19.5 Å². The number of amides is 2. The molecule has 0 spiro atoms. The van der Waals surface area contributed by atoms with Crippen molar-refractivity contribution in [2.24, 2.45) is 5.10 Å². The molecule has 0 aliphatic carbocycles. The lowest BCUT2D eigenvalue weighted by Crippen LogP contribution is -2.25. The van der Waals surface area contributed by atoms with Crippen LogP contribution in [0.5, 0.6) is 11.5 Å². The number of nitrogens with one attached hydrogen (secondary N) is 2. The molecule has 2 rings (SSSR count). The summed E-state index contributed by atoms with van der Waals surface area (Å²) < 4.78 is 87.4. The monoisotopic (exact) mass is 435 g/mol. The molecular formula is C18H15F6N3O3. The minimum Gasteiger partial charge on any atom is -0.493 e. The van der Waals surface area contributed by atoms with Crippen LogP contribution < -0.4 is 20.2 Å². The number of carbonyl (C=O) groups is 1. The number of alkyl halides is 6. The van der Waals surface area contributed by atoms with Crippen LogP contribution in [0.15, 0.2) is 41.5 Å². The van der Waals surface area contributed by atoms with Gasteiger partial charge >= 0.3 is 18.4 Å². The molecule has 0 atom stereocenters. The molecule has 0 radical (unpaired) electrons. The Labute approximate surface area is 166 Å². The largest absolute Gasteiger partial charge is 0.493 e. The highest BCUT2D eigenvalue weighted by Crippen LogP contribution is 2.37. The van der Waals surface area contributed by atoms with Crippen LogP contribution in [-0.4, -0.2) is 26.5 Å². The molecule has 0 fully saturated rings. The number of benzene rings is 2. The summed E-state index contributed by atoms with van der Waals surface area (Å²) in [5, 5.41) is 5.48. The van der Waals surface area contributed by atoms with Crippen molar-refractivity contribution in [3.63, 3.8) is 0 Å². The van der Waals surface area contributed by atoms with Crippen molar-refractivity contribution < 1.29 is 40.6 Å². The van der Waals surface area contributed by atoms with E-state index in [1.54, 1.807) is 18.2 Å². The van der Waals surface area contributed by atoms with Gasteiger partial charge in [-0.2, -0.15) is 31.4 Å². The molecule has 162 valence electrons. The number of anilines is 1. The molecule has 0 bridgehead atoms. The SMILES string of the molecule is COc1cccc(/C=N\NC(=O)Nc2cc(C(F)(F)F)cc(C(F)(F)F)c2)c1OC. The van der Waals surface area contributed by atoms with Crippen molar-refractivity contribution in [3.8, 4) is 11.5 Å². The van der Waals surface area contributed by atoms with Crippen LogP contribution >= 0.6 is 0 Å². The summed E-state index contributed by atoms with van der Waals surface area (Å²) >= 11 is 0. The third-order valence-electron chi connectivity index (χ3n) is 3.65. The van der Waals surface area contributed by atoms with E-state index in [0.29, 0.717) is 29.2 Å². The number of carbonyl (C=O) groups excluding carboxylic acids is 1. The Morgan fingerprint density at radius 3 is 2.07 bits per heavy atom. The van der Waals surface area contributed by atoms with E-state index in [1.807, 2.05) is 10.7 Å². The standard InChI is InChI=1S/C18H15F6N3O3/c1-29-14-5-3-4-10(15(14)30-2)9-25-27-16(28)26-13-7-11(17(19,20)21)6-12(8-13)18(22,23)24/h3-9H,1-2H3,(H2,26,27,28)/b25-9-. The molecule has 2 aromatic carbocycles. The minimum atomic E-state index is -5.03. The van der Waals surface area contributed by atoms with Crippen molar-refractivity contribution >= 4 is 17.9 Å². The zero-order valence-electron chi connectivity index (χ0n) is 15.5. The van der Waals surface area contributed by atoms with Crippen molar-refractivity contribution in [1.82, 2.24) is 5.43 Å². The highest BCUT2D eigenvalue weighted by Gasteiger charge is 2.37.